The minimum absolute atomic E-state index is 0.267. The highest BCUT2D eigenvalue weighted by Crippen LogP contribution is 2.17. The zero-order valence-electron chi connectivity index (χ0n) is 10.2. The van der Waals surface area contributed by atoms with Crippen molar-refractivity contribution in [1.29, 1.82) is 0 Å². The highest BCUT2D eigenvalue weighted by Gasteiger charge is 2.05. The number of anilines is 2. The van der Waals surface area contributed by atoms with Crippen LogP contribution in [0.15, 0.2) is 47.3 Å². The molecule has 0 fully saturated rings. The number of rotatable bonds is 2. The molecule has 0 aliphatic carbocycles. The number of H-pyrrole nitrogens is 1. The summed E-state index contributed by atoms with van der Waals surface area (Å²) < 4.78 is 12.8. The van der Waals surface area contributed by atoms with Crippen LogP contribution in [0.2, 0.25) is 5.02 Å². The number of halogens is 2. The van der Waals surface area contributed by atoms with Gasteiger partial charge in [-0.05, 0) is 42.5 Å². The van der Waals surface area contributed by atoms with Crippen molar-refractivity contribution in [3.63, 3.8) is 0 Å². The molecule has 0 saturated heterocycles. The topological polar surface area (TPSA) is 57.8 Å². The van der Waals surface area contributed by atoms with Gasteiger partial charge in [0.2, 0.25) is 5.95 Å². The van der Waals surface area contributed by atoms with Crippen molar-refractivity contribution in [3.05, 3.63) is 63.7 Å². The first-order valence-corrected chi connectivity index (χ1v) is 6.22. The molecule has 3 rings (SSSR count). The lowest BCUT2D eigenvalue weighted by Gasteiger charge is -2.06. The molecule has 1 heterocycles. The lowest BCUT2D eigenvalue weighted by molar-refractivity contribution is 0.628. The fourth-order valence-corrected chi connectivity index (χ4v) is 2.01. The van der Waals surface area contributed by atoms with E-state index in [0.717, 1.165) is 0 Å². The monoisotopic (exact) mass is 289 g/mol. The SMILES string of the molecule is O=c1[nH]c(Nc2ccc(F)cc2)nc2cc(Cl)ccc12. The maximum atomic E-state index is 12.8. The van der Waals surface area contributed by atoms with E-state index in [0.29, 0.717) is 21.6 Å². The summed E-state index contributed by atoms with van der Waals surface area (Å²) in [5, 5.41) is 3.87. The molecule has 0 radical (unpaired) electrons. The van der Waals surface area contributed by atoms with E-state index in [-0.39, 0.29) is 17.3 Å². The Morgan fingerprint density at radius 3 is 2.65 bits per heavy atom. The van der Waals surface area contributed by atoms with Crippen LogP contribution in [0.5, 0.6) is 0 Å². The third-order valence-corrected chi connectivity index (χ3v) is 3.01. The predicted molar refractivity (Wildman–Crippen MR) is 77.1 cm³/mol. The molecule has 2 N–H and O–H groups in total. The smallest absolute Gasteiger partial charge is 0.260 e. The Hall–Kier alpha value is -2.40. The van der Waals surface area contributed by atoms with Gasteiger partial charge in [0.05, 0.1) is 10.9 Å². The minimum atomic E-state index is -0.331. The maximum absolute atomic E-state index is 12.8. The van der Waals surface area contributed by atoms with Crippen LogP contribution in [0.4, 0.5) is 16.0 Å². The maximum Gasteiger partial charge on any atom is 0.260 e. The van der Waals surface area contributed by atoms with Crippen molar-refractivity contribution in [2.75, 3.05) is 5.32 Å². The highest BCUT2D eigenvalue weighted by molar-refractivity contribution is 6.31. The van der Waals surface area contributed by atoms with E-state index >= 15 is 0 Å². The van der Waals surface area contributed by atoms with E-state index in [2.05, 4.69) is 15.3 Å². The first-order chi connectivity index (χ1) is 9.61. The zero-order chi connectivity index (χ0) is 14.1. The predicted octanol–water partition coefficient (Wildman–Crippen LogP) is 3.46. The third-order valence-electron chi connectivity index (χ3n) is 2.78. The van der Waals surface area contributed by atoms with Crippen molar-refractivity contribution in [1.82, 2.24) is 9.97 Å². The molecule has 3 aromatic rings. The molecular weight excluding hydrogens is 281 g/mol. The van der Waals surface area contributed by atoms with Gasteiger partial charge in [-0.3, -0.25) is 9.78 Å². The van der Waals surface area contributed by atoms with E-state index in [4.69, 9.17) is 11.6 Å². The van der Waals surface area contributed by atoms with Crippen LogP contribution >= 0.6 is 11.6 Å². The molecule has 0 bridgehead atoms. The molecular formula is C14H9ClFN3O. The number of fused-ring (bicyclic) bond motifs is 1. The Kier molecular flexibility index (Phi) is 3.12. The molecule has 0 atom stereocenters. The summed E-state index contributed by atoms with van der Waals surface area (Å²) in [6.45, 7) is 0. The summed E-state index contributed by atoms with van der Waals surface area (Å²) in [7, 11) is 0. The zero-order valence-corrected chi connectivity index (χ0v) is 10.9. The van der Waals surface area contributed by atoms with E-state index < -0.39 is 0 Å². The van der Waals surface area contributed by atoms with Gasteiger partial charge in [0.25, 0.3) is 5.56 Å². The molecule has 0 aliphatic heterocycles. The lowest BCUT2D eigenvalue weighted by Crippen LogP contribution is -2.11. The summed E-state index contributed by atoms with van der Waals surface area (Å²) in [4.78, 5) is 18.8. The Morgan fingerprint density at radius 1 is 1.15 bits per heavy atom. The standard InChI is InChI=1S/C14H9ClFN3O/c15-8-1-6-11-12(7-8)18-14(19-13(11)20)17-10-4-2-9(16)3-5-10/h1-7H,(H2,17,18,19,20). The van der Waals surface area contributed by atoms with Crippen LogP contribution in [0.25, 0.3) is 10.9 Å². The first-order valence-electron chi connectivity index (χ1n) is 5.84. The second kappa shape index (κ2) is 4.94. The minimum Gasteiger partial charge on any atom is -0.326 e. The molecule has 0 spiro atoms. The fourth-order valence-electron chi connectivity index (χ4n) is 1.84. The van der Waals surface area contributed by atoms with Gasteiger partial charge in [0, 0.05) is 10.7 Å². The summed E-state index contributed by atoms with van der Waals surface area (Å²) in [5.74, 6) is -0.0568. The highest BCUT2D eigenvalue weighted by atomic mass is 35.5. The van der Waals surface area contributed by atoms with E-state index in [1.807, 2.05) is 0 Å². The lowest BCUT2D eigenvalue weighted by atomic mass is 10.2. The summed E-state index contributed by atoms with van der Waals surface area (Å²) in [5.41, 5.74) is 0.845. The van der Waals surface area contributed by atoms with Gasteiger partial charge < -0.3 is 5.32 Å². The normalized spacial score (nSPS) is 10.7. The van der Waals surface area contributed by atoms with Crippen LogP contribution in [-0.2, 0) is 0 Å². The molecule has 0 amide bonds. The van der Waals surface area contributed by atoms with E-state index in [1.165, 1.54) is 12.1 Å². The number of nitrogens with one attached hydrogen (secondary N) is 2. The molecule has 20 heavy (non-hydrogen) atoms. The Morgan fingerprint density at radius 2 is 1.90 bits per heavy atom. The number of aromatic nitrogens is 2. The molecule has 0 saturated carbocycles. The van der Waals surface area contributed by atoms with E-state index in [1.54, 1.807) is 30.3 Å². The van der Waals surface area contributed by atoms with Crippen LogP contribution < -0.4 is 10.9 Å². The van der Waals surface area contributed by atoms with Crippen LogP contribution in [0.3, 0.4) is 0 Å². The largest absolute Gasteiger partial charge is 0.326 e. The molecule has 1 aromatic heterocycles. The Balaban J connectivity index is 2.04. The Bertz CT molecular complexity index is 830. The summed E-state index contributed by atoms with van der Waals surface area (Å²) in [6.07, 6.45) is 0. The van der Waals surface area contributed by atoms with Crippen molar-refractivity contribution in [3.8, 4) is 0 Å². The average Bonchev–Trinajstić information content (AvgIpc) is 2.41. The number of benzene rings is 2. The van der Waals surface area contributed by atoms with Gasteiger partial charge >= 0.3 is 0 Å². The number of aromatic amines is 1. The van der Waals surface area contributed by atoms with Crippen molar-refractivity contribution >= 4 is 34.1 Å². The Labute approximate surface area is 118 Å². The molecule has 0 aliphatic rings. The number of hydrogen-bond donors (Lipinski definition) is 2. The second-order valence-corrected chi connectivity index (χ2v) is 4.64. The van der Waals surface area contributed by atoms with Crippen molar-refractivity contribution < 1.29 is 4.39 Å². The molecule has 2 aromatic carbocycles. The van der Waals surface area contributed by atoms with Crippen molar-refractivity contribution in [2.24, 2.45) is 0 Å². The number of nitrogens with zero attached hydrogens (tertiary/aromatic N) is 1. The van der Waals surface area contributed by atoms with Crippen LogP contribution in [0.1, 0.15) is 0 Å². The summed E-state index contributed by atoms with van der Waals surface area (Å²) >= 11 is 5.89. The summed E-state index contributed by atoms with van der Waals surface area (Å²) in [6, 6.07) is 10.6. The molecule has 4 nitrogen and oxygen atoms in total. The van der Waals surface area contributed by atoms with Gasteiger partial charge in [-0.1, -0.05) is 11.6 Å². The number of hydrogen-bond acceptors (Lipinski definition) is 3. The van der Waals surface area contributed by atoms with Gasteiger partial charge in [-0.15, -0.1) is 0 Å². The van der Waals surface area contributed by atoms with Gasteiger partial charge in [0.1, 0.15) is 5.82 Å². The fraction of sp³-hybridized carbons (Fsp3) is 0. The van der Waals surface area contributed by atoms with Gasteiger partial charge in [-0.25, -0.2) is 9.37 Å². The van der Waals surface area contributed by atoms with Crippen LogP contribution in [0, 0.1) is 5.82 Å². The van der Waals surface area contributed by atoms with Crippen molar-refractivity contribution in [2.45, 2.75) is 0 Å². The quantitative estimate of drug-likeness (QED) is 0.759. The molecule has 100 valence electrons. The van der Waals surface area contributed by atoms with Gasteiger partial charge in [-0.2, -0.15) is 0 Å². The average molecular weight is 290 g/mol. The van der Waals surface area contributed by atoms with Crippen LogP contribution in [-0.4, -0.2) is 9.97 Å². The van der Waals surface area contributed by atoms with E-state index in [9.17, 15) is 9.18 Å². The second-order valence-electron chi connectivity index (χ2n) is 4.21. The molecule has 0 unspecified atom stereocenters. The first kappa shape index (κ1) is 12.6. The molecule has 6 heteroatoms. The van der Waals surface area contributed by atoms with Gasteiger partial charge in [0.15, 0.2) is 0 Å². The third kappa shape index (κ3) is 2.48.